The fraction of sp³-hybridized carbons (Fsp3) is 0. The lowest BCUT2D eigenvalue weighted by atomic mass is 10.4. The van der Waals surface area contributed by atoms with Crippen LogP contribution in [-0.4, -0.2) is 0 Å². The van der Waals surface area contributed by atoms with E-state index < -0.39 is 0 Å². The summed E-state index contributed by atoms with van der Waals surface area (Å²) >= 11 is 16.7. The molecule has 0 fully saturated rings. The molecule has 0 nitrogen and oxygen atoms in total. The Morgan fingerprint density at radius 1 is 0.467 bits per heavy atom. The molecular formula is C12H9Cl3. The highest BCUT2D eigenvalue weighted by Crippen LogP contribution is 2.21. The van der Waals surface area contributed by atoms with Crippen molar-refractivity contribution < 1.29 is 0 Å². The third-order valence-corrected chi connectivity index (χ3v) is 2.15. The summed E-state index contributed by atoms with van der Waals surface area (Å²) < 4.78 is 0. The van der Waals surface area contributed by atoms with Gasteiger partial charge in [-0.2, -0.15) is 0 Å². The highest BCUT2D eigenvalue weighted by molar-refractivity contribution is 6.38. The Hall–Kier alpha value is -0.690. The molecule has 2 rings (SSSR count). The Bertz CT molecular complexity index is 322. The summed E-state index contributed by atoms with van der Waals surface area (Å²) in [6.07, 6.45) is 0. The maximum atomic E-state index is 5.58. The van der Waals surface area contributed by atoms with Gasteiger partial charge in [0.1, 0.15) is 0 Å². The van der Waals surface area contributed by atoms with Gasteiger partial charge in [0.05, 0.1) is 0 Å². The van der Waals surface area contributed by atoms with Gasteiger partial charge in [0.2, 0.25) is 0 Å². The second-order valence-electron chi connectivity index (χ2n) is 2.74. The molecule has 0 saturated carbocycles. The first-order valence-electron chi connectivity index (χ1n) is 4.30. The Kier molecular flexibility index (Phi) is 5.56. The summed E-state index contributed by atoms with van der Waals surface area (Å²) in [6.45, 7) is 0. The Balaban J connectivity index is 0.000000162. The minimum absolute atomic E-state index is 0.563. The fourth-order valence-corrected chi connectivity index (χ4v) is 1.78. The number of halogens is 3. The van der Waals surface area contributed by atoms with Gasteiger partial charge in [0.25, 0.3) is 0 Å². The van der Waals surface area contributed by atoms with Gasteiger partial charge in [-0.1, -0.05) is 71.2 Å². The molecule has 0 radical (unpaired) electrons. The van der Waals surface area contributed by atoms with Crippen molar-refractivity contribution in [2.75, 3.05) is 0 Å². The standard InChI is InChI=1S/C6H3Cl3.C6H6/c7-4-1-5(8)3-6(9)2-4;1-2-4-6-5-3-1/h1-3H;1-6H. The lowest BCUT2D eigenvalue weighted by molar-refractivity contribution is 1.70. The van der Waals surface area contributed by atoms with Crippen molar-refractivity contribution >= 4 is 34.8 Å². The van der Waals surface area contributed by atoms with Crippen molar-refractivity contribution in [2.45, 2.75) is 0 Å². The molecule has 0 aliphatic heterocycles. The first-order chi connectivity index (χ1) is 7.18. The van der Waals surface area contributed by atoms with Crippen LogP contribution < -0.4 is 0 Å². The Morgan fingerprint density at radius 3 is 0.867 bits per heavy atom. The van der Waals surface area contributed by atoms with Gasteiger partial charge in [-0.25, -0.2) is 0 Å². The van der Waals surface area contributed by atoms with Crippen LogP contribution in [0, 0.1) is 0 Å². The Morgan fingerprint density at radius 2 is 0.667 bits per heavy atom. The van der Waals surface area contributed by atoms with E-state index in [9.17, 15) is 0 Å². The molecule has 0 N–H and O–H groups in total. The third-order valence-electron chi connectivity index (χ3n) is 1.49. The molecule has 2 aromatic rings. The molecule has 0 amide bonds. The lowest BCUT2D eigenvalue weighted by Gasteiger charge is -1.91. The third kappa shape index (κ3) is 5.68. The van der Waals surface area contributed by atoms with Gasteiger partial charge < -0.3 is 0 Å². The van der Waals surface area contributed by atoms with Gasteiger partial charge in [-0.15, -0.1) is 0 Å². The number of benzene rings is 2. The average molecular weight is 260 g/mol. The van der Waals surface area contributed by atoms with Crippen LogP contribution in [0.1, 0.15) is 0 Å². The van der Waals surface area contributed by atoms with Crippen LogP contribution in [0.15, 0.2) is 54.6 Å². The van der Waals surface area contributed by atoms with E-state index in [2.05, 4.69) is 0 Å². The first kappa shape index (κ1) is 12.4. The number of rotatable bonds is 0. The van der Waals surface area contributed by atoms with Crippen LogP contribution in [0.5, 0.6) is 0 Å². The molecule has 2 aromatic carbocycles. The van der Waals surface area contributed by atoms with E-state index in [-0.39, 0.29) is 0 Å². The molecule has 0 spiro atoms. The number of hydrogen-bond acceptors (Lipinski definition) is 0. The van der Waals surface area contributed by atoms with Crippen molar-refractivity contribution in [1.82, 2.24) is 0 Å². The molecule has 15 heavy (non-hydrogen) atoms. The van der Waals surface area contributed by atoms with Crippen molar-refractivity contribution in [3.05, 3.63) is 69.7 Å². The van der Waals surface area contributed by atoms with Crippen molar-refractivity contribution in [3.63, 3.8) is 0 Å². The highest BCUT2D eigenvalue weighted by atomic mass is 35.5. The molecule has 0 unspecified atom stereocenters. The molecule has 3 heteroatoms. The molecule has 0 aliphatic rings. The molecule has 0 aliphatic carbocycles. The monoisotopic (exact) mass is 258 g/mol. The van der Waals surface area contributed by atoms with E-state index in [1.54, 1.807) is 18.2 Å². The van der Waals surface area contributed by atoms with E-state index in [4.69, 9.17) is 34.8 Å². The lowest BCUT2D eigenvalue weighted by Crippen LogP contribution is -1.65. The fourth-order valence-electron chi connectivity index (χ4n) is 0.905. The SMILES string of the molecule is Clc1cc(Cl)cc(Cl)c1.c1ccccc1. The normalized spacial score (nSPS) is 9.00. The maximum absolute atomic E-state index is 5.58. The molecule has 0 aromatic heterocycles. The summed E-state index contributed by atoms with van der Waals surface area (Å²) in [4.78, 5) is 0. The summed E-state index contributed by atoms with van der Waals surface area (Å²) in [6, 6.07) is 16.9. The van der Waals surface area contributed by atoms with Gasteiger partial charge in [0.15, 0.2) is 0 Å². The van der Waals surface area contributed by atoms with E-state index >= 15 is 0 Å². The minimum Gasteiger partial charge on any atom is -0.0842 e. The van der Waals surface area contributed by atoms with Crippen LogP contribution in [0.2, 0.25) is 15.1 Å². The van der Waals surface area contributed by atoms with E-state index in [1.165, 1.54) is 0 Å². The minimum atomic E-state index is 0.563. The predicted molar refractivity (Wildman–Crippen MR) is 67.9 cm³/mol. The topological polar surface area (TPSA) is 0 Å². The average Bonchev–Trinajstić information content (AvgIpc) is 2.19. The first-order valence-corrected chi connectivity index (χ1v) is 5.43. The quantitative estimate of drug-likeness (QED) is 0.599. The summed E-state index contributed by atoms with van der Waals surface area (Å²) in [5.74, 6) is 0. The summed E-state index contributed by atoms with van der Waals surface area (Å²) in [5, 5.41) is 1.69. The second kappa shape index (κ2) is 6.73. The van der Waals surface area contributed by atoms with E-state index in [0.29, 0.717) is 15.1 Å². The van der Waals surface area contributed by atoms with Crippen molar-refractivity contribution in [1.29, 1.82) is 0 Å². The van der Waals surface area contributed by atoms with Gasteiger partial charge in [-0.05, 0) is 18.2 Å². The second-order valence-corrected chi connectivity index (χ2v) is 4.05. The molecule has 0 saturated heterocycles. The van der Waals surface area contributed by atoms with Gasteiger partial charge in [-0.3, -0.25) is 0 Å². The predicted octanol–water partition coefficient (Wildman–Crippen LogP) is 5.33. The van der Waals surface area contributed by atoms with Crippen LogP contribution >= 0.6 is 34.8 Å². The molecule has 0 bridgehead atoms. The molecular weight excluding hydrogens is 250 g/mol. The van der Waals surface area contributed by atoms with E-state index in [0.717, 1.165) is 0 Å². The van der Waals surface area contributed by atoms with Crippen LogP contribution in [0.3, 0.4) is 0 Å². The zero-order chi connectivity index (χ0) is 11.1. The maximum Gasteiger partial charge on any atom is 0.0435 e. The van der Waals surface area contributed by atoms with Gasteiger partial charge in [0, 0.05) is 15.1 Å². The van der Waals surface area contributed by atoms with Crippen LogP contribution in [-0.2, 0) is 0 Å². The van der Waals surface area contributed by atoms with E-state index in [1.807, 2.05) is 36.4 Å². The molecule has 0 atom stereocenters. The molecule has 0 heterocycles. The summed E-state index contributed by atoms with van der Waals surface area (Å²) in [7, 11) is 0. The van der Waals surface area contributed by atoms with Gasteiger partial charge >= 0.3 is 0 Å². The highest BCUT2D eigenvalue weighted by Gasteiger charge is 1.92. The smallest absolute Gasteiger partial charge is 0.0435 e. The zero-order valence-corrected chi connectivity index (χ0v) is 10.1. The summed E-state index contributed by atoms with van der Waals surface area (Å²) in [5.41, 5.74) is 0. The largest absolute Gasteiger partial charge is 0.0842 e. The zero-order valence-electron chi connectivity index (χ0n) is 7.83. The van der Waals surface area contributed by atoms with Crippen LogP contribution in [0.25, 0.3) is 0 Å². The Labute approximate surface area is 104 Å². The van der Waals surface area contributed by atoms with Crippen LogP contribution in [0.4, 0.5) is 0 Å². The van der Waals surface area contributed by atoms with Crippen molar-refractivity contribution in [2.24, 2.45) is 0 Å². The molecule has 78 valence electrons. The van der Waals surface area contributed by atoms with Crippen molar-refractivity contribution in [3.8, 4) is 0 Å². The number of hydrogen-bond donors (Lipinski definition) is 0.